The summed E-state index contributed by atoms with van der Waals surface area (Å²) in [6.45, 7) is 5.27. The van der Waals surface area contributed by atoms with Gasteiger partial charge in [-0.05, 0) is 51.5 Å². The van der Waals surface area contributed by atoms with Crippen LogP contribution in [0.15, 0.2) is 24.3 Å². The van der Waals surface area contributed by atoms with Crippen molar-refractivity contribution in [3.8, 4) is 5.75 Å². The number of phenolic OH excluding ortho intramolecular Hbond substituents is 1. The van der Waals surface area contributed by atoms with Crippen molar-refractivity contribution in [1.82, 2.24) is 0 Å². The van der Waals surface area contributed by atoms with E-state index in [1.165, 1.54) is 31.4 Å². The zero-order valence-corrected chi connectivity index (χ0v) is 15.5. The second kappa shape index (κ2) is 9.60. The number of carbonyl (C=O) groups is 3. The number of benzene rings is 1. The molecule has 0 saturated heterocycles. The van der Waals surface area contributed by atoms with E-state index in [9.17, 15) is 19.5 Å². The smallest absolute Gasteiger partial charge is 0.331 e. The molecule has 0 unspecified atom stereocenters. The van der Waals surface area contributed by atoms with E-state index in [-0.39, 0.29) is 30.5 Å². The molecule has 7 nitrogen and oxygen atoms in total. The summed E-state index contributed by atoms with van der Waals surface area (Å²) in [5.74, 6) is -1.19. The minimum atomic E-state index is -0.608. The van der Waals surface area contributed by atoms with Crippen LogP contribution in [-0.2, 0) is 23.9 Å². The van der Waals surface area contributed by atoms with Crippen molar-refractivity contribution in [3.05, 3.63) is 29.8 Å². The Kier molecular flexibility index (Phi) is 7.83. The van der Waals surface area contributed by atoms with Crippen LogP contribution in [0.25, 0.3) is 6.08 Å². The third-order valence-electron chi connectivity index (χ3n) is 3.13. The predicted octanol–water partition coefficient (Wildman–Crippen LogP) is 3.03. The minimum absolute atomic E-state index is 0.0338. The number of phenols is 1. The lowest BCUT2D eigenvalue weighted by molar-refractivity contribution is -0.148. The first-order valence-corrected chi connectivity index (χ1v) is 8.21. The number of methoxy groups -OCH3 is 1. The van der Waals surface area contributed by atoms with Gasteiger partial charge in [-0.15, -0.1) is 0 Å². The van der Waals surface area contributed by atoms with Gasteiger partial charge in [-0.1, -0.05) is 0 Å². The molecule has 0 bridgehead atoms. The van der Waals surface area contributed by atoms with E-state index in [1.807, 2.05) is 0 Å². The molecule has 1 rings (SSSR count). The Morgan fingerprint density at radius 3 is 2.50 bits per heavy atom. The Morgan fingerprint density at radius 2 is 1.88 bits per heavy atom. The molecule has 0 heterocycles. The lowest BCUT2D eigenvalue weighted by Crippen LogP contribution is -2.22. The van der Waals surface area contributed by atoms with E-state index < -0.39 is 11.6 Å². The van der Waals surface area contributed by atoms with E-state index in [0.29, 0.717) is 17.7 Å². The van der Waals surface area contributed by atoms with Crippen molar-refractivity contribution < 1.29 is 29.0 Å². The molecule has 0 spiro atoms. The van der Waals surface area contributed by atoms with Crippen molar-refractivity contribution in [2.75, 3.05) is 12.4 Å². The largest absolute Gasteiger partial charge is 0.507 e. The molecule has 142 valence electrons. The summed E-state index contributed by atoms with van der Waals surface area (Å²) in [6, 6.07) is 4.49. The monoisotopic (exact) mass is 363 g/mol. The van der Waals surface area contributed by atoms with Gasteiger partial charge in [-0.2, -0.15) is 0 Å². The van der Waals surface area contributed by atoms with Gasteiger partial charge in [0.15, 0.2) is 0 Å². The summed E-state index contributed by atoms with van der Waals surface area (Å²) in [7, 11) is 1.30. The number of anilines is 1. The maximum atomic E-state index is 11.9. The third-order valence-corrected chi connectivity index (χ3v) is 3.13. The molecule has 0 atom stereocenters. The van der Waals surface area contributed by atoms with Crippen LogP contribution >= 0.6 is 0 Å². The first kappa shape index (κ1) is 21.2. The van der Waals surface area contributed by atoms with Crippen molar-refractivity contribution in [3.63, 3.8) is 0 Å². The highest BCUT2D eigenvalue weighted by molar-refractivity contribution is 5.92. The Bertz CT molecular complexity index is 688. The summed E-state index contributed by atoms with van der Waals surface area (Å²) < 4.78 is 9.66. The molecule has 0 radical (unpaired) electrons. The average molecular weight is 363 g/mol. The zero-order valence-electron chi connectivity index (χ0n) is 15.5. The normalized spacial score (nSPS) is 11.2. The second-order valence-electron chi connectivity index (χ2n) is 6.62. The fourth-order valence-corrected chi connectivity index (χ4v) is 1.98. The number of aromatic hydroxyl groups is 1. The van der Waals surface area contributed by atoms with Crippen molar-refractivity contribution in [2.24, 2.45) is 0 Å². The Hall–Kier alpha value is -2.83. The molecule has 0 saturated carbocycles. The number of hydrogen-bond acceptors (Lipinski definition) is 6. The van der Waals surface area contributed by atoms with Crippen LogP contribution in [0.3, 0.4) is 0 Å². The highest BCUT2D eigenvalue weighted by Gasteiger charge is 2.14. The predicted molar refractivity (Wildman–Crippen MR) is 97.5 cm³/mol. The first-order chi connectivity index (χ1) is 12.1. The maximum absolute atomic E-state index is 11.9. The third kappa shape index (κ3) is 8.32. The second-order valence-corrected chi connectivity index (χ2v) is 6.62. The molecule has 1 aromatic carbocycles. The van der Waals surface area contributed by atoms with Crippen molar-refractivity contribution in [1.29, 1.82) is 0 Å². The fraction of sp³-hybridized carbons (Fsp3) is 0.421. The van der Waals surface area contributed by atoms with Gasteiger partial charge < -0.3 is 19.9 Å². The molecular weight excluding hydrogens is 338 g/mol. The molecule has 0 fully saturated rings. The van der Waals surface area contributed by atoms with Crippen LogP contribution in [0, 0.1) is 0 Å². The summed E-state index contributed by atoms with van der Waals surface area (Å²) in [4.78, 5) is 34.6. The minimum Gasteiger partial charge on any atom is -0.507 e. The van der Waals surface area contributed by atoms with Crippen LogP contribution in [0.4, 0.5) is 5.69 Å². The lowest BCUT2D eigenvalue weighted by Gasteiger charge is -2.17. The van der Waals surface area contributed by atoms with Gasteiger partial charge >= 0.3 is 11.9 Å². The number of ether oxygens (including phenoxy) is 2. The zero-order chi connectivity index (χ0) is 19.7. The standard InChI is InChI=1S/C19H25NO6/c1-19(2,3)26-18(24)11-8-13-12-14(9-10-15(13)21)20-16(22)6-5-7-17(23)25-4/h8-12,21H,5-7H2,1-4H3,(H,20,22)/b11-8+. The number of esters is 2. The van der Waals surface area contributed by atoms with Crippen LogP contribution in [0.2, 0.25) is 0 Å². The van der Waals surface area contributed by atoms with Gasteiger partial charge in [0.2, 0.25) is 5.91 Å². The van der Waals surface area contributed by atoms with E-state index in [4.69, 9.17) is 4.74 Å². The fourth-order valence-electron chi connectivity index (χ4n) is 1.98. The Balaban J connectivity index is 2.67. The van der Waals surface area contributed by atoms with Crippen LogP contribution in [0.5, 0.6) is 5.75 Å². The van der Waals surface area contributed by atoms with Crippen LogP contribution < -0.4 is 5.32 Å². The van der Waals surface area contributed by atoms with Gasteiger partial charge in [0, 0.05) is 30.2 Å². The van der Waals surface area contributed by atoms with E-state index in [1.54, 1.807) is 26.8 Å². The molecule has 0 aliphatic heterocycles. The summed E-state index contributed by atoms with van der Waals surface area (Å²) in [5, 5.41) is 12.6. The molecular formula is C19H25NO6. The van der Waals surface area contributed by atoms with Crippen LogP contribution in [-0.4, -0.2) is 35.7 Å². The molecule has 0 aliphatic carbocycles. The highest BCUT2D eigenvalue weighted by Crippen LogP contribution is 2.23. The number of rotatable bonds is 7. The van der Waals surface area contributed by atoms with Gasteiger partial charge in [-0.25, -0.2) is 4.79 Å². The van der Waals surface area contributed by atoms with Gasteiger partial charge in [0.1, 0.15) is 11.4 Å². The summed E-state index contributed by atoms with van der Waals surface area (Å²) >= 11 is 0. The molecule has 7 heteroatoms. The average Bonchev–Trinajstić information content (AvgIpc) is 2.53. The number of amides is 1. The molecule has 1 aromatic rings. The molecule has 1 amide bonds. The molecule has 0 aliphatic rings. The number of hydrogen-bond donors (Lipinski definition) is 2. The molecule has 0 aromatic heterocycles. The quantitative estimate of drug-likeness (QED) is 0.439. The van der Waals surface area contributed by atoms with E-state index in [0.717, 1.165) is 0 Å². The molecule has 26 heavy (non-hydrogen) atoms. The molecule has 2 N–H and O–H groups in total. The van der Waals surface area contributed by atoms with Gasteiger partial charge in [0.05, 0.1) is 7.11 Å². The lowest BCUT2D eigenvalue weighted by atomic mass is 10.1. The van der Waals surface area contributed by atoms with E-state index >= 15 is 0 Å². The Morgan fingerprint density at radius 1 is 1.19 bits per heavy atom. The van der Waals surface area contributed by atoms with E-state index in [2.05, 4.69) is 10.1 Å². The van der Waals surface area contributed by atoms with Crippen LogP contribution in [0.1, 0.15) is 45.6 Å². The van der Waals surface area contributed by atoms with Gasteiger partial charge in [-0.3, -0.25) is 9.59 Å². The topological polar surface area (TPSA) is 102 Å². The van der Waals surface area contributed by atoms with Crippen molar-refractivity contribution in [2.45, 2.75) is 45.6 Å². The SMILES string of the molecule is COC(=O)CCCC(=O)Nc1ccc(O)c(/C=C/C(=O)OC(C)(C)C)c1. The maximum Gasteiger partial charge on any atom is 0.331 e. The summed E-state index contributed by atoms with van der Waals surface area (Å²) in [6.07, 6.45) is 3.34. The van der Waals surface area contributed by atoms with Gasteiger partial charge in [0.25, 0.3) is 0 Å². The summed E-state index contributed by atoms with van der Waals surface area (Å²) in [5.41, 5.74) is 0.224. The first-order valence-electron chi connectivity index (χ1n) is 8.21. The highest BCUT2D eigenvalue weighted by atomic mass is 16.6. The number of carbonyl (C=O) groups excluding carboxylic acids is 3. The Labute approximate surface area is 153 Å². The van der Waals surface area contributed by atoms with Crippen molar-refractivity contribution >= 4 is 29.6 Å². The number of nitrogens with one attached hydrogen (secondary N) is 1.